The highest BCUT2D eigenvalue weighted by molar-refractivity contribution is 7.89. The number of aromatic nitrogens is 1. The zero-order chi connectivity index (χ0) is 24.6. The highest BCUT2D eigenvalue weighted by Gasteiger charge is 2.26. The SMILES string of the molecule is Cc1cc(C)c2nc(N(Cc3ccco3)C(=O)c3ccc(S(=O)(=O)N(C)C(C)C)cc3)sc2c1. The summed E-state index contributed by atoms with van der Waals surface area (Å²) < 4.78 is 33.4. The van der Waals surface area contributed by atoms with Gasteiger partial charge in [-0.3, -0.25) is 9.69 Å². The number of sulfonamides is 1. The number of nitrogens with zero attached hydrogens (tertiary/aromatic N) is 3. The first-order chi connectivity index (χ1) is 16.1. The number of aryl methyl sites for hydroxylation is 2. The number of carbonyl (C=O) groups is 1. The van der Waals surface area contributed by atoms with E-state index >= 15 is 0 Å². The molecule has 4 aromatic rings. The molecule has 0 saturated heterocycles. The lowest BCUT2D eigenvalue weighted by molar-refractivity contribution is 0.0983. The molecule has 2 aromatic heterocycles. The molecule has 2 aromatic carbocycles. The second kappa shape index (κ2) is 9.32. The zero-order valence-electron chi connectivity index (χ0n) is 19.8. The molecule has 0 saturated carbocycles. The van der Waals surface area contributed by atoms with Crippen molar-refractivity contribution in [3.63, 3.8) is 0 Å². The average molecular weight is 498 g/mol. The fraction of sp³-hybridized carbons (Fsp3) is 0.280. The van der Waals surface area contributed by atoms with Crippen LogP contribution < -0.4 is 4.90 Å². The van der Waals surface area contributed by atoms with Crippen LogP contribution in [0.2, 0.25) is 0 Å². The summed E-state index contributed by atoms with van der Waals surface area (Å²) in [6.07, 6.45) is 1.56. The van der Waals surface area contributed by atoms with Crippen LogP contribution in [0.1, 0.15) is 41.1 Å². The van der Waals surface area contributed by atoms with Gasteiger partial charge in [0.2, 0.25) is 10.0 Å². The molecule has 34 heavy (non-hydrogen) atoms. The summed E-state index contributed by atoms with van der Waals surface area (Å²) >= 11 is 1.44. The number of fused-ring (bicyclic) bond motifs is 1. The van der Waals surface area contributed by atoms with Crippen molar-refractivity contribution in [2.24, 2.45) is 0 Å². The molecule has 1 amide bonds. The van der Waals surface area contributed by atoms with Gasteiger partial charge in [-0.2, -0.15) is 4.31 Å². The first-order valence-electron chi connectivity index (χ1n) is 10.9. The molecule has 2 heterocycles. The lowest BCUT2D eigenvalue weighted by Gasteiger charge is -2.21. The number of furan rings is 1. The molecule has 0 bridgehead atoms. The standard InChI is InChI=1S/C25H27N3O4S2/c1-16(2)27(5)34(30,31)21-10-8-19(9-11-21)24(29)28(15-20-7-6-12-32-20)25-26-23-18(4)13-17(3)14-22(23)33-25/h6-14,16H,15H2,1-5H3. The summed E-state index contributed by atoms with van der Waals surface area (Å²) in [7, 11) is -2.09. The summed E-state index contributed by atoms with van der Waals surface area (Å²) in [6, 6.07) is 13.6. The quantitative estimate of drug-likeness (QED) is 0.342. The molecule has 0 aliphatic carbocycles. The maximum atomic E-state index is 13.6. The van der Waals surface area contributed by atoms with Crippen molar-refractivity contribution in [1.29, 1.82) is 0 Å². The molecule has 0 aliphatic heterocycles. The third-order valence-corrected chi connectivity index (χ3v) is 8.77. The second-order valence-corrected chi connectivity index (χ2v) is 11.5. The topological polar surface area (TPSA) is 83.7 Å². The van der Waals surface area contributed by atoms with Crippen molar-refractivity contribution < 1.29 is 17.6 Å². The van der Waals surface area contributed by atoms with Gasteiger partial charge < -0.3 is 4.42 Å². The Labute approximate surface area is 203 Å². The highest BCUT2D eigenvalue weighted by Crippen LogP contribution is 2.33. The van der Waals surface area contributed by atoms with Crippen LogP contribution in [0.4, 0.5) is 5.13 Å². The van der Waals surface area contributed by atoms with Crippen LogP contribution >= 0.6 is 11.3 Å². The molecule has 178 valence electrons. The predicted octanol–water partition coefficient (Wildman–Crippen LogP) is 5.38. The van der Waals surface area contributed by atoms with E-state index in [1.165, 1.54) is 27.8 Å². The molecule has 4 rings (SSSR count). The van der Waals surface area contributed by atoms with Crippen molar-refractivity contribution in [2.75, 3.05) is 11.9 Å². The van der Waals surface area contributed by atoms with Crippen molar-refractivity contribution in [1.82, 2.24) is 9.29 Å². The molecular weight excluding hydrogens is 470 g/mol. The van der Waals surface area contributed by atoms with E-state index < -0.39 is 10.0 Å². The number of carbonyl (C=O) groups excluding carboxylic acids is 1. The number of anilines is 1. The van der Waals surface area contributed by atoms with E-state index in [9.17, 15) is 13.2 Å². The van der Waals surface area contributed by atoms with Crippen LogP contribution in [0.5, 0.6) is 0 Å². The van der Waals surface area contributed by atoms with Gasteiger partial charge in [-0.05, 0) is 81.3 Å². The maximum Gasteiger partial charge on any atom is 0.260 e. The summed E-state index contributed by atoms with van der Waals surface area (Å²) in [5.74, 6) is 0.337. The number of hydrogen-bond acceptors (Lipinski definition) is 6. The number of benzene rings is 2. The summed E-state index contributed by atoms with van der Waals surface area (Å²) in [5.41, 5.74) is 3.41. The smallest absolute Gasteiger partial charge is 0.260 e. The fourth-order valence-corrected chi connectivity index (χ4v) is 6.14. The van der Waals surface area contributed by atoms with Crippen molar-refractivity contribution in [3.05, 3.63) is 77.2 Å². The van der Waals surface area contributed by atoms with Gasteiger partial charge in [0.25, 0.3) is 5.91 Å². The molecule has 0 radical (unpaired) electrons. The van der Waals surface area contributed by atoms with Gasteiger partial charge >= 0.3 is 0 Å². The molecule has 7 nitrogen and oxygen atoms in total. The largest absolute Gasteiger partial charge is 0.467 e. The Bertz CT molecular complexity index is 1420. The van der Waals surface area contributed by atoms with E-state index in [4.69, 9.17) is 9.40 Å². The monoisotopic (exact) mass is 497 g/mol. The number of rotatable bonds is 7. The third-order valence-electron chi connectivity index (χ3n) is 5.69. The minimum atomic E-state index is -3.64. The van der Waals surface area contributed by atoms with Crippen molar-refractivity contribution >= 4 is 42.6 Å². The van der Waals surface area contributed by atoms with Crippen LogP contribution in [-0.2, 0) is 16.6 Å². The Morgan fingerprint density at radius 3 is 2.44 bits per heavy atom. The fourth-order valence-electron chi connectivity index (χ4n) is 3.63. The number of amides is 1. The third kappa shape index (κ3) is 4.64. The summed E-state index contributed by atoms with van der Waals surface area (Å²) in [4.78, 5) is 20.1. The lowest BCUT2D eigenvalue weighted by atomic mass is 10.1. The van der Waals surface area contributed by atoms with Gasteiger partial charge in [0.15, 0.2) is 5.13 Å². The van der Waals surface area contributed by atoms with E-state index in [1.54, 1.807) is 42.5 Å². The van der Waals surface area contributed by atoms with E-state index in [2.05, 4.69) is 12.1 Å². The molecule has 0 fully saturated rings. The summed E-state index contributed by atoms with van der Waals surface area (Å²) in [6.45, 7) is 7.86. The Morgan fingerprint density at radius 2 is 1.82 bits per heavy atom. The lowest BCUT2D eigenvalue weighted by Crippen LogP contribution is -2.33. The first-order valence-corrected chi connectivity index (χ1v) is 13.1. The van der Waals surface area contributed by atoms with Crippen LogP contribution in [-0.4, -0.2) is 36.7 Å². The zero-order valence-corrected chi connectivity index (χ0v) is 21.4. The molecular formula is C25H27N3O4S2. The van der Waals surface area contributed by atoms with Gasteiger partial charge in [-0.1, -0.05) is 17.4 Å². The number of thiazole rings is 1. The van der Waals surface area contributed by atoms with E-state index in [-0.39, 0.29) is 23.4 Å². The Kier molecular flexibility index (Phi) is 6.62. The van der Waals surface area contributed by atoms with Crippen LogP contribution in [0.3, 0.4) is 0 Å². The van der Waals surface area contributed by atoms with E-state index in [0.29, 0.717) is 16.5 Å². The van der Waals surface area contributed by atoms with Crippen LogP contribution in [0, 0.1) is 13.8 Å². The highest BCUT2D eigenvalue weighted by atomic mass is 32.2. The second-order valence-electron chi connectivity index (χ2n) is 8.54. The van der Waals surface area contributed by atoms with Gasteiger partial charge in [0.05, 0.1) is 27.9 Å². The molecule has 9 heteroatoms. The van der Waals surface area contributed by atoms with Crippen LogP contribution in [0.25, 0.3) is 10.2 Å². The minimum Gasteiger partial charge on any atom is -0.467 e. The molecule has 0 N–H and O–H groups in total. The predicted molar refractivity (Wildman–Crippen MR) is 135 cm³/mol. The molecule has 0 unspecified atom stereocenters. The molecule has 0 aliphatic rings. The van der Waals surface area contributed by atoms with E-state index in [0.717, 1.165) is 21.3 Å². The summed E-state index contributed by atoms with van der Waals surface area (Å²) in [5, 5.41) is 0.557. The number of hydrogen-bond donors (Lipinski definition) is 0. The van der Waals surface area contributed by atoms with Gasteiger partial charge in [-0.15, -0.1) is 0 Å². The first kappa shape index (κ1) is 24.1. The van der Waals surface area contributed by atoms with Crippen molar-refractivity contribution in [3.8, 4) is 0 Å². The Morgan fingerprint density at radius 1 is 1.12 bits per heavy atom. The molecule has 0 atom stereocenters. The average Bonchev–Trinajstić information content (AvgIpc) is 3.46. The van der Waals surface area contributed by atoms with Gasteiger partial charge in [0, 0.05) is 18.7 Å². The van der Waals surface area contributed by atoms with Crippen molar-refractivity contribution in [2.45, 2.75) is 45.2 Å². The maximum absolute atomic E-state index is 13.6. The Hall–Kier alpha value is -3.01. The van der Waals surface area contributed by atoms with Gasteiger partial charge in [0.1, 0.15) is 5.76 Å². The van der Waals surface area contributed by atoms with Crippen LogP contribution in [0.15, 0.2) is 64.1 Å². The van der Waals surface area contributed by atoms with E-state index in [1.807, 2.05) is 27.7 Å². The molecule has 0 spiro atoms. The normalized spacial score (nSPS) is 12.1. The van der Waals surface area contributed by atoms with Gasteiger partial charge in [-0.25, -0.2) is 13.4 Å². The Balaban J connectivity index is 1.71. The minimum absolute atomic E-state index is 0.143.